The molecule has 2 amide bonds. The Hall–Kier alpha value is -2.87. The summed E-state index contributed by atoms with van der Waals surface area (Å²) in [5.74, 6) is -0.0691. The molecule has 0 aliphatic carbocycles. The van der Waals surface area contributed by atoms with Gasteiger partial charge in [-0.25, -0.2) is 9.97 Å². The monoisotopic (exact) mass is 395 g/mol. The van der Waals surface area contributed by atoms with Gasteiger partial charge < -0.3 is 9.80 Å². The molecule has 7 nitrogen and oxygen atoms in total. The number of aromatic nitrogens is 3. The van der Waals surface area contributed by atoms with Crippen molar-refractivity contribution in [3.05, 3.63) is 52.4 Å². The number of likely N-dealkylation sites (tertiary alicyclic amines) is 1. The lowest BCUT2D eigenvalue weighted by Crippen LogP contribution is -2.29. The summed E-state index contributed by atoms with van der Waals surface area (Å²) in [7, 11) is 3.48. The Kier molecular flexibility index (Phi) is 4.80. The minimum Gasteiger partial charge on any atom is -0.344 e. The molecule has 0 aromatic carbocycles. The van der Waals surface area contributed by atoms with E-state index in [1.165, 1.54) is 11.3 Å². The maximum Gasteiger partial charge on any atom is 0.272 e. The van der Waals surface area contributed by atoms with Gasteiger partial charge in [-0.05, 0) is 25.5 Å². The lowest BCUT2D eigenvalue weighted by Gasteiger charge is -2.17. The van der Waals surface area contributed by atoms with Crippen molar-refractivity contribution in [3.8, 4) is 0 Å². The highest BCUT2D eigenvalue weighted by molar-refractivity contribution is 7.20. The molecule has 4 rings (SSSR count). The number of amides is 2. The zero-order valence-corrected chi connectivity index (χ0v) is 16.9. The fraction of sp³-hybridized carbons (Fsp3) is 0.350. The standard InChI is InChI=1S/C20H21N5O2S/c1-12-5-4-6-14(23-12)19(26)25-10-7-13(11-25)15-16-18(22-9-8-21-16)28-17(15)20(27)24(2)3/h4-6,8-9,13H,7,10-11H2,1-3H3/t13-/m0/s1. The Morgan fingerprint density at radius 1 is 1.21 bits per heavy atom. The van der Waals surface area contributed by atoms with Gasteiger partial charge in [-0.15, -0.1) is 11.3 Å². The quantitative estimate of drug-likeness (QED) is 0.681. The molecule has 4 heterocycles. The van der Waals surface area contributed by atoms with Gasteiger partial charge >= 0.3 is 0 Å². The summed E-state index contributed by atoms with van der Waals surface area (Å²) in [6.45, 7) is 3.05. The fourth-order valence-corrected chi connectivity index (χ4v) is 4.80. The topological polar surface area (TPSA) is 79.3 Å². The number of nitrogens with zero attached hydrogens (tertiary/aromatic N) is 5. The Balaban J connectivity index is 1.67. The van der Waals surface area contributed by atoms with Gasteiger partial charge in [-0.2, -0.15) is 0 Å². The fourth-order valence-electron chi connectivity index (χ4n) is 3.59. The van der Waals surface area contributed by atoms with E-state index in [-0.39, 0.29) is 17.7 Å². The van der Waals surface area contributed by atoms with Crippen molar-refractivity contribution in [2.45, 2.75) is 19.3 Å². The molecule has 0 spiro atoms. The van der Waals surface area contributed by atoms with Crippen molar-refractivity contribution in [2.24, 2.45) is 0 Å². The summed E-state index contributed by atoms with van der Waals surface area (Å²) in [6, 6.07) is 5.47. The summed E-state index contributed by atoms with van der Waals surface area (Å²) >= 11 is 1.37. The van der Waals surface area contributed by atoms with Crippen LogP contribution in [0.5, 0.6) is 0 Å². The Morgan fingerprint density at radius 3 is 2.75 bits per heavy atom. The molecule has 0 bridgehead atoms. The van der Waals surface area contributed by atoms with Crippen LogP contribution in [0.3, 0.4) is 0 Å². The van der Waals surface area contributed by atoms with Crippen molar-refractivity contribution in [1.29, 1.82) is 0 Å². The van der Waals surface area contributed by atoms with Crippen molar-refractivity contribution in [2.75, 3.05) is 27.2 Å². The van der Waals surface area contributed by atoms with E-state index in [0.29, 0.717) is 23.7 Å². The summed E-state index contributed by atoms with van der Waals surface area (Å²) in [6.07, 6.45) is 4.07. The number of rotatable bonds is 3. The van der Waals surface area contributed by atoms with Crippen LogP contribution in [0.2, 0.25) is 0 Å². The van der Waals surface area contributed by atoms with Crippen molar-refractivity contribution in [1.82, 2.24) is 24.8 Å². The van der Waals surface area contributed by atoms with Gasteiger partial charge in [-0.3, -0.25) is 14.6 Å². The van der Waals surface area contributed by atoms with Crippen LogP contribution in [0.1, 0.15) is 43.8 Å². The molecular weight excluding hydrogens is 374 g/mol. The first-order valence-electron chi connectivity index (χ1n) is 9.13. The number of hydrogen-bond acceptors (Lipinski definition) is 6. The predicted molar refractivity (Wildman–Crippen MR) is 108 cm³/mol. The first kappa shape index (κ1) is 18.5. The molecule has 28 heavy (non-hydrogen) atoms. The van der Waals surface area contributed by atoms with Gasteiger partial charge in [0.2, 0.25) is 0 Å². The van der Waals surface area contributed by atoms with Crippen LogP contribution in [-0.4, -0.2) is 63.8 Å². The highest BCUT2D eigenvalue weighted by Crippen LogP contribution is 2.39. The van der Waals surface area contributed by atoms with Gasteiger partial charge in [0.25, 0.3) is 11.8 Å². The zero-order chi connectivity index (χ0) is 19.8. The van der Waals surface area contributed by atoms with E-state index in [2.05, 4.69) is 15.0 Å². The van der Waals surface area contributed by atoms with Gasteiger partial charge in [0.15, 0.2) is 0 Å². The molecule has 0 saturated carbocycles. The molecule has 0 N–H and O–H groups in total. The average molecular weight is 395 g/mol. The van der Waals surface area contributed by atoms with Crippen LogP contribution >= 0.6 is 11.3 Å². The summed E-state index contributed by atoms with van der Waals surface area (Å²) < 4.78 is 0. The molecule has 1 aliphatic heterocycles. The van der Waals surface area contributed by atoms with Gasteiger partial charge in [0.1, 0.15) is 16.0 Å². The highest BCUT2D eigenvalue weighted by atomic mass is 32.1. The second-order valence-corrected chi connectivity index (χ2v) is 8.15. The lowest BCUT2D eigenvalue weighted by molar-refractivity contribution is 0.0784. The third kappa shape index (κ3) is 3.24. The molecule has 3 aromatic heterocycles. The molecule has 8 heteroatoms. The van der Waals surface area contributed by atoms with Crippen LogP contribution in [0.25, 0.3) is 10.3 Å². The summed E-state index contributed by atoms with van der Waals surface area (Å²) in [5.41, 5.74) is 2.96. The molecule has 0 radical (unpaired) electrons. The van der Waals surface area contributed by atoms with Crippen molar-refractivity contribution in [3.63, 3.8) is 0 Å². The lowest BCUT2D eigenvalue weighted by atomic mass is 9.97. The van der Waals surface area contributed by atoms with Crippen LogP contribution in [-0.2, 0) is 0 Å². The molecular formula is C20H21N5O2S. The van der Waals surface area contributed by atoms with Gasteiger partial charge in [-0.1, -0.05) is 6.07 Å². The number of fused-ring (bicyclic) bond motifs is 1. The minimum absolute atomic E-state index is 0.0510. The maximum absolute atomic E-state index is 12.9. The molecule has 0 unspecified atom stereocenters. The number of carbonyl (C=O) groups excluding carboxylic acids is 2. The number of aryl methyl sites for hydroxylation is 1. The number of thiophene rings is 1. The molecule has 1 atom stereocenters. The second kappa shape index (κ2) is 7.27. The first-order chi connectivity index (χ1) is 13.5. The van der Waals surface area contributed by atoms with E-state index < -0.39 is 0 Å². The van der Waals surface area contributed by atoms with Crippen molar-refractivity contribution >= 4 is 33.5 Å². The largest absolute Gasteiger partial charge is 0.344 e. The van der Waals surface area contributed by atoms with E-state index in [4.69, 9.17) is 0 Å². The molecule has 144 valence electrons. The third-order valence-corrected chi connectivity index (χ3v) is 6.05. The van der Waals surface area contributed by atoms with E-state index >= 15 is 0 Å². The Labute approximate surface area is 167 Å². The normalized spacial score (nSPS) is 16.5. The van der Waals surface area contributed by atoms with Crippen LogP contribution in [0.15, 0.2) is 30.6 Å². The second-order valence-electron chi connectivity index (χ2n) is 7.16. The Bertz CT molecular complexity index is 1060. The smallest absolute Gasteiger partial charge is 0.272 e. The van der Waals surface area contributed by atoms with Crippen molar-refractivity contribution < 1.29 is 9.59 Å². The van der Waals surface area contributed by atoms with E-state index in [9.17, 15) is 9.59 Å². The number of hydrogen-bond donors (Lipinski definition) is 0. The van der Waals surface area contributed by atoms with Gasteiger partial charge in [0, 0.05) is 56.8 Å². The van der Waals surface area contributed by atoms with E-state index in [1.807, 2.05) is 24.0 Å². The number of carbonyl (C=O) groups is 2. The van der Waals surface area contributed by atoms with Crippen LogP contribution in [0.4, 0.5) is 0 Å². The SMILES string of the molecule is Cc1cccc(C(=O)N2CC[C@H](c3c(C(=O)N(C)C)sc4nccnc34)C2)n1. The first-order valence-corrected chi connectivity index (χ1v) is 9.95. The predicted octanol–water partition coefficient (Wildman–Crippen LogP) is 2.73. The molecule has 3 aromatic rings. The zero-order valence-electron chi connectivity index (χ0n) is 16.0. The van der Waals surface area contributed by atoms with Gasteiger partial charge in [0.05, 0.1) is 4.88 Å². The molecule has 1 saturated heterocycles. The highest BCUT2D eigenvalue weighted by Gasteiger charge is 2.34. The van der Waals surface area contributed by atoms with Crippen LogP contribution < -0.4 is 0 Å². The molecule has 1 fully saturated rings. The minimum atomic E-state index is -0.0719. The summed E-state index contributed by atoms with van der Waals surface area (Å²) in [4.78, 5) is 43.7. The van der Waals surface area contributed by atoms with E-state index in [0.717, 1.165) is 28.0 Å². The molecule has 1 aliphatic rings. The maximum atomic E-state index is 12.9. The van der Waals surface area contributed by atoms with Crippen LogP contribution in [0, 0.1) is 6.92 Å². The van der Waals surface area contributed by atoms with E-state index in [1.54, 1.807) is 37.5 Å². The third-order valence-electron chi connectivity index (χ3n) is 4.95. The summed E-state index contributed by atoms with van der Waals surface area (Å²) in [5, 5.41) is 0. The Morgan fingerprint density at radius 2 is 2.00 bits per heavy atom. The number of pyridine rings is 1. The average Bonchev–Trinajstić information content (AvgIpc) is 3.31.